The molecule has 1 aliphatic rings. The molecular formula is C15H22N6O3S. The third-order valence-electron chi connectivity index (χ3n) is 4.43. The summed E-state index contributed by atoms with van der Waals surface area (Å²) >= 11 is 0. The Morgan fingerprint density at radius 3 is 2.48 bits per heavy atom. The van der Waals surface area contributed by atoms with Crippen molar-refractivity contribution in [2.24, 2.45) is 0 Å². The van der Waals surface area contributed by atoms with Crippen molar-refractivity contribution >= 4 is 15.9 Å². The Bertz CT molecular complexity index is 865. The predicted molar refractivity (Wildman–Crippen MR) is 90.7 cm³/mol. The summed E-state index contributed by atoms with van der Waals surface area (Å²) in [6.07, 6.45) is 2.06. The van der Waals surface area contributed by atoms with Gasteiger partial charge in [0.1, 0.15) is 10.6 Å². The number of carbonyl (C=O) groups excluding carboxylic acids is 1. The number of aromatic nitrogens is 4. The van der Waals surface area contributed by atoms with Gasteiger partial charge in [0.25, 0.3) is 5.91 Å². The third-order valence-corrected chi connectivity index (χ3v) is 6.60. The van der Waals surface area contributed by atoms with Gasteiger partial charge in [-0.3, -0.25) is 9.89 Å². The molecule has 0 atom stereocenters. The molecule has 10 heteroatoms. The molecule has 136 valence electrons. The van der Waals surface area contributed by atoms with Crippen LogP contribution in [0.3, 0.4) is 0 Å². The normalized spacial score (nSPS) is 16.8. The molecule has 0 aromatic carbocycles. The monoisotopic (exact) mass is 366 g/mol. The highest BCUT2D eigenvalue weighted by Gasteiger charge is 2.32. The van der Waals surface area contributed by atoms with Crippen molar-refractivity contribution in [3.05, 3.63) is 29.1 Å². The molecule has 0 unspecified atom stereocenters. The van der Waals surface area contributed by atoms with E-state index in [1.807, 2.05) is 0 Å². The molecule has 1 fully saturated rings. The van der Waals surface area contributed by atoms with Crippen LogP contribution in [0.15, 0.2) is 11.2 Å². The number of hydrogen-bond donors (Lipinski definition) is 2. The second-order valence-corrected chi connectivity index (χ2v) is 8.06. The van der Waals surface area contributed by atoms with Gasteiger partial charge in [-0.2, -0.15) is 9.40 Å². The molecular weight excluding hydrogens is 344 g/mol. The van der Waals surface area contributed by atoms with Gasteiger partial charge in [0.05, 0.1) is 17.7 Å². The summed E-state index contributed by atoms with van der Waals surface area (Å²) in [6, 6.07) is 0. The molecule has 2 aromatic heterocycles. The minimum atomic E-state index is -3.63. The fourth-order valence-corrected chi connectivity index (χ4v) is 4.91. The van der Waals surface area contributed by atoms with Crippen LogP contribution in [-0.4, -0.2) is 69.9 Å². The average molecular weight is 366 g/mol. The Kier molecular flexibility index (Phi) is 4.65. The molecule has 0 radical (unpaired) electrons. The van der Waals surface area contributed by atoms with Gasteiger partial charge in [0.2, 0.25) is 10.0 Å². The Labute approximate surface area is 146 Å². The van der Waals surface area contributed by atoms with Crippen LogP contribution in [0.5, 0.6) is 0 Å². The average Bonchev–Trinajstić information content (AvgIpc) is 3.02. The van der Waals surface area contributed by atoms with E-state index >= 15 is 0 Å². The van der Waals surface area contributed by atoms with Crippen LogP contribution >= 0.6 is 0 Å². The van der Waals surface area contributed by atoms with Gasteiger partial charge in [-0.25, -0.2) is 13.4 Å². The van der Waals surface area contributed by atoms with Gasteiger partial charge >= 0.3 is 0 Å². The van der Waals surface area contributed by atoms with Crippen LogP contribution in [0.1, 0.15) is 34.0 Å². The molecule has 0 spiro atoms. The molecule has 0 bridgehead atoms. The lowest BCUT2D eigenvalue weighted by molar-refractivity contribution is 0.0758. The van der Waals surface area contributed by atoms with E-state index in [0.29, 0.717) is 48.8 Å². The quantitative estimate of drug-likeness (QED) is 0.825. The number of nitrogens with one attached hydrogen (secondary N) is 2. The van der Waals surface area contributed by atoms with Crippen molar-refractivity contribution < 1.29 is 13.2 Å². The van der Waals surface area contributed by atoms with E-state index in [0.717, 1.165) is 0 Å². The number of amides is 1. The minimum Gasteiger partial charge on any atom is -0.348 e. The summed E-state index contributed by atoms with van der Waals surface area (Å²) < 4.78 is 27.3. The van der Waals surface area contributed by atoms with Crippen LogP contribution in [0, 0.1) is 20.8 Å². The summed E-state index contributed by atoms with van der Waals surface area (Å²) in [5, 5.41) is 6.70. The molecule has 0 aliphatic carbocycles. The number of hydrogen-bond acceptors (Lipinski definition) is 5. The molecule has 2 N–H and O–H groups in total. The number of H-pyrrole nitrogens is 2. The van der Waals surface area contributed by atoms with E-state index < -0.39 is 10.0 Å². The van der Waals surface area contributed by atoms with E-state index in [-0.39, 0.29) is 17.3 Å². The molecule has 1 saturated heterocycles. The summed E-state index contributed by atoms with van der Waals surface area (Å²) in [6.45, 7) is 6.61. The number of sulfonamides is 1. The number of rotatable bonds is 3. The molecule has 3 rings (SSSR count). The lowest BCUT2D eigenvalue weighted by atomic mass is 10.3. The largest absolute Gasteiger partial charge is 0.348 e. The van der Waals surface area contributed by atoms with Gasteiger partial charge in [-0.15, -0.1) is 0 Å². The first-order valence-corrected chi connectivity index (χ1v) is 9.57. The molecule has 1 aliphatic heterocycles. The van der Waals surface area contributed by atoms with Crippen LogP contribution < -0.4 is 0 Å². The van der Waals surface area contributed by atoms with E-state index in [2.05, 4.69) is 20.2 Å². The molecule has 25 heavy (non-hydrogen) atoms. The van der Waals surface area contributed by atoms with Gasteiger partial charge in [-0.1, -0.05) is 0 Å². The maximum absolute atomic E-state index is 12.9. The Morgan fingerprint density at radius 1 is 1.12 bits per heavy atom. The van der Waals surface area contributed by atoms with Crippen LogP contribution in [0.25, 0.3) is 0 Å². The zero-order valence-corrected chi connectivity index (χ0v) is 15.4. The zero-order valence-electron chi connectivity index (χ0n) is 14.5. The number of aromatic amines is 2. The van der Waals surface area contributed by atoms with Crippen molar-refractivity contribution in [2.45, 2.75) is 32.1 Å². The van der Waals surface area contributed by atoms with Crippen LogP contribution in [0.4, 0.5) is 0 Å². The highest BCUT2D eigenvalue weighted by atomic mass is 32.2. The van der Waals surface area contributed by atoms with Gasteiger partial charge < -0.3 is 9.88 Å². The summed E-state index contributed by atoms with van der Waals surface area (Å²) in [5.41, 5.74) is 2.09. The lowest BCUT2D eigenvalue weighted by Crippen LogP contribution is -2.38. The third kappa shape index (κ3) is 3.19. The second-order valence-electron chi connectivity index (χ2n) is 6.19. The zero-order chi connectivity index (χ0) is 18.2. The Morgan fingerprint density at radius 2 is 1.88 bits per heavy atom. The highest BCUT2D eigenvalue weighted by molar-refractivity contribution is 7.89. The van der Waals surface area contributed by atoms with Crippen molar-refractivity contribution in [3.63, 3.8) is 0 Å². The van der Waals surface area contributed by atoms with Crippen molar-refractivity contribution in [2.75, 3.05) is 26.2 Å². The molecule has 0 saturated carbocycles. The van der Waals surface area contributed by atoms with Gasteiger partial charge in [0, 0.05) is 31.9 Å². The maximum Gasteiger partial charge on any atom is 0.274 e. The number of imidazole rings is 1. The van der Waals surface area contributed by atoms with Gasteiger partial charge in [0.15, 0.2) is 0 Å². The fraction of sp³-hybridized carbons (Fsp3) is 0.533. The summed E-state index contributed by atoms with van der Waals surface area (Å²) in [5.74, 6) is -0.173. The predicted octanol–water partition coefficient (Wildman–Crippen LogP) is 0.595. The highest BCUT2D eigenvalue weighted by Crippen LogP contribution is 2.23. The number of carbonyl (C=O) groups is 1. The Balaban J connectivity index is 1.78. The number of nitrogens with zero attached hydrogens (tertiary/aromatic N) is 4. The molecule has 3 heterocycles. The maximum atomic E-state index is 12.9. The smallest absolute Gasteiger partial charge is 0.274 e. The number of aryl methyl sites for hydroxylation is 3. The first-order valence-electron chi connectivity index (χ1n) is 8.13. The standard InChI is InChI=1S/C15H22N6O3S/c1-10-13(17-9-16-10)15(22)20-5-4-6-21(8-7-20)25(23,24)14-11(2)18-19-12(14)3/h9H,4-8H2,1-3H3,(H,16,17)(H,18,19). The fourth-order valence-electron chi connectivity index (χ4n) is 3.11. The minimum absolute atomic E-state index is 0.173. The van der Waals surface area contributed by atoms with Crippen molar-refractivity contribution in [1.29, 1.82) is 0 Å². The van der Waals surface area contributed by atoms with E-state index in [1.165, 1.54) is 10.6 Å². The van der Waals surface area contributed by atoms with E-state index in [4.69, 9.17) is 0 Å². The first-order chi connectivity index (χ1) is 11.8. The second kappa shape index (κ2) is 6.60. The van der Waals surface area contributed by atoms with Crippen LogP contribution in [0.2, 0.25) is 0 Å². The van der Waals surface area contributed by atoms with E-state index in [1.54, 1.807) is 25.7 Å². The van der Waals surface area contributed by atoms with Crippen molar-refractivity contribution in [1.82, 2.24) is 29.4 Å². The topological polar surface area (TPSA) is 115 Å². The lowest BCUT2D eigenvalue weighted by Gasteiger charge is -2.21. The summed E-state index contributed by atoms with van der Waals surface area (Å²) in [7, 11) is -3.63. The molecule has 2 aromatic rings. The first kappa shape index (κ1) is 17.6. The van der Waals surface area contributed by atoms with E-state index in [9.17, 15) is 13.2 Å². The van der Waals surface area contributed by atoms with Crippen LogP contribution in [-0.2, 0) is 10.0 Å². The van der Waals surface area contributed by atoms with Crippen molar-refractivity contribution in [3.8, 4) is 0 Å². The summed E-state index contributed by atoms with van der Waals surface area (Å²) in [4.78, 5) is 21.4. The SMILES string of the molecule is Cc1n[nH]c(C)c1S(=O)(=O)N1CCCN(C(=O)c2nc[nH]c2C)CC1. The molecule has 9 nitrogen and oxygen atoms in total. The van der Waals surface area contributed by atoms with Gasteiger partial charge in [-0.05, 0) is 27.2 Å². The molecule has 1 amide bonds. The Hall–Kier alpha value is -2.20.